The minimum absolute atomic E-state index is 0.240. The largest absolute Gasteiger partial charge is 0.513 e. The number of fused-ring (bicyclic) bond motifs is 1. The summed E-state index contributed by atoms with van der Waals surface area (Å²) in [5.41, 5.74) is 0. The van der Waals surface area contributed by atoms with E-state index in [-0.39, 0.29) is 4.88 Å². The quantitative estimate of drug-likeness (QED) is 0.619. The molecule has 0 bridgehead atoms. The molecule has 0 unspecified atom stereocenters. The molecule has 2 rings (SSSR count). The molecule has 1 N–H and O–H groups in total. The second-order valence-electron chi connectivity index (χ2n) is 4.80. The van der Waals surface area contributed by atoms with Gasteiger partial charge in [0.05, 0.1) is 25.5 Å². The average Bonchev–Trinajstić information content (AvgIpc) is 2.94. The highest BCUT2D eigenvalue weighted by Gasteiger charge is 2.34. The molecule has 1 aromatic heterocycles. The summed E-state index contributed by atoms with van der Waals surface area (Å²) < 4.78 is 43.2. The van der Waals surface area contributed by atoms with Crippen LogP contribution in [0.25, 0.3) is 10.1 Å². The van der Waals surface area contributed by atoms with Gasteiger partial charge in [-0.25, -0.2) is 13.6 Å². The van der Waals surface area contributed by atoms with Gasteiger partial charge in [0.1, 0.15) is 0 Å². The van der Waals surface area contributed by atoms with Crippen LogP contribution in [-0.4, -0.2) is 31.5 Å². The standard InChI is InChI=1S/C15H14F2O6S/c1-21-9-5-8-6-12(24-11(8)7-10(9)22-2)15(16,17)4-3-13(18)23-14(19)20/h5-7H,3-4H2,1-2H3,(H,19,20). The van der Waals surface area contributed by atoms with Crippen molar-refractivity contribution in [2.75, 3.05) is 14.2 Å². The topological polar surface area (TPSA) is 82.1 Å². The van der Waals surface area contributed by atoms with E-state index in [9.17, 15) is 18.4 Å². The smallest absolute Gasteiger partial charge is 0.493 e. The Morgan fingerprint density at radius 2 is 1.79 bits per heavy atom. The molecule has 130 valence electrons. The molecule has 0 spiro atoms. The van der Waals surface area contributed by atoms with Crippen molar-refractivity contribution in [3.05, 3.63) is 23.1 Å². The number of rotatable bonds is 6. The fraction of sp³-hybridized carbons (Fsp3) is 0.333. The zero-order valence-corrected chi connectivity index (χ0v) is 13.6. The van der Waals surface area contributed by atoms with Crippen molar-refractivity contribution >= 4 is 33.5 Å². The Hall–Kier alpha value is -2.42. The molecule has 0 aliphatic heterocycles. The number of carbonyl (C=O) groups excluding carboxylic acids is 1. The number of carboxylic acid groups (broad SMARTS) is 1. The fourth-order valence-corrected chi connectivity index (χ4v) is 3.15. The van der Waals surface area contributed by atoms with Crippen LogP contribution in [0.3, 0.4) is 0 Å². The van der Waals surface area contributed by atoms with Crippen LogP contribution < -0.4 is 9.47 Å². The molecular formula is C15H14F2O6S. The number of carbonyl (C=O) groups is 2. The van der Waals surface area contributed by atoms with Crippen LogP contribution in [0.2, 0.25) is 0 Å². The third-order valence-electron chi connectivity index (χ3n) is 3.23. The number of hydrogen-bond acceptors (Lipinski definition) is 6. The predicted octanol–water partition coefficient (Wildman–Crippen LogP) is 4.01. The molecule has 0 radical (unpaired) electrons. The van der Waals surface area contributed by atoms with Gasteiger partial charge in [-0.3, -0.25) is 4.79 Å². The Morgan fingerprint density at radius 1 is 1.17 bits per heavy atom. The molecule has 2 aromatic rings. The molecule has 1 aromatic carbocycles. The Kier molecular flexibility index (Phi) is 5.23. The number of ether oxygens (including phenoxy) is 3. The molecule has 0 fully saturated rings. The molecule has 6 nitrogen and oxygen atoms in total. The molecule has 0 saturated carbocycles. The number of alkyl halides is 2. The van der Waals surface area contributed by atoms with Gasteiger partial charge in [-0.15, -0.1) is 11.3 Å². The molecule has 24 heavy (non-hydrogen) atoms. The SMILES string of the molecule is COc1cc2cc(C(F)(F)CCC(=O)OC(=O)O)sc2cc1OC. The van der Waals surface area contributed by atoms with Crippen LogP contribution in [0.15, 0.2) is 18.2 Å². The maximum atomic E-state index is 14.2. The van der Waals surface area contributed by atoms with Crippen LogP contribution in [0.4, 0.5) is 13.6 Å². The summed E-state index contributed by atoms with van der Waals surface area (Å²) in [4.78, 5) is 21.1. The van der Waals surface area contributed by atoms with Crippen LogP contribution in [0, 0.1) is 0 Å². The lowest BCUT2D eigenvalue weighted by atomic mass is 10.1. The van der Waals surface area contributed by atoms with Gasteiger partial charge < -0.3 is 19.3 Å². The number of esters is 1. The number of thiophene rings is 1. The maximum absolute atomic E-state index is 14.2. The van der Waals surface area contributed by atoms with E-state index < -0.39 is 30.9 Å². The second-order valence-corrected chi connectivity index (χ2v) is 5.88. The highest BCUT2D eigenvalue weighted by molar-refractivity contribution is 7.19. The maximum Gasteiger partial charge on any atom is 0.513 e. The van der Waals surface area contributed by atoms with Gasteiger partial charge in [0, 0.05) is 17.2 Å². The number of halogens is 2. The van der Waals surface area contributed by atoms with Gasteiger partial charge in [-0.1, -0.05) is 0 Å². The number of methoxy groups -OCH3 is 2. The van der Waals surface area contributed by atoms with Gasteiger partial charge in [0.15, 0.2) is 11.5 Å². The van der Waals surface area contributed by atoms with E-state index in [4.69, 9.17) is 14.6 Å². The zero-order chi connectivity index (χ0) is 17.9. The van der Waals surface area contributed by atoms with Crippen LogP contribution in [-0.2, 0) is 15.5 Å². The van der Waals surface area contributed by atoms with E-state index in [0.717, 1.165) is 11.3 Å². The summed E-state index contributed by atoms with van der Waals surface area (Å²) in [5.74, 6) is -3.66. The van der Waals surface area contributed by atoms with Gasteiger partial charge >= 0.3 is 12.1 Å². The second kappa shape index (κ2) is 7.00. The zero-order valence-electron chi connectivity index (χ0n) is 12.8. The van der Waals surface area contributed by atoms with E-state index in [1.807, 2.05) is 0 Å². The first-order chi connectivity index (χ1) is 11.3. The van der Waals surface area contributed by atoms with E-state index in [0.29, 0.717) is 21.6 Å². The molecule has 0 saturated heterocycles. The minimum Gasteiger partial charge on any atom is -0.493 e. The summed E-state index contributed by atoms with van der Waals surface area (Å²) in [6, 6.07) is 4.49. The monoisotopic (exact) mass is 360 g/mol. The Bertz CT molecular complexity index is 730. The first-order valence-electron chi connectivity index (χ1n) is 6.74. The van der Waals surface area contributed by atoms with E-state index in [1.165, 1.54) is 20.3 Å². The molecule has 0 aliphatic rings. The van der Waals surface area contributed by atoms with Gasteiger partial charge in [-0.2, -0.15) is 0 Å². The van der Waals surface area contributed by atoms with Crippen molar-refractivity contribution < 1.29 is 37.7 Å². The van der Waals surface area contributed by atoms with Crippen LogP contribution in [0.5, 0.6) is 11.5 Å². The minimum atomic E-state index is -3.29. The molecule has 0 atom stereocenters. The predicted molar refractivity (Wildman–Crippen MR) is 82.2 cm³/mol. The van der Waals surface area contributed by atoms with Crippen molar-refractivity contribution in [2.24, 2.45) is 0 Å². The Balaban J connectivity index is 2.23. The molecular weight excluding hydrogens is 346 g/mol. The number of hydrogen-bond donors (Lipinski definition) is 1. The summed E-state index contributed by atoms with van der Waals surface area (Å²) in [7, 11) is 2.89. The normalized spacial score (nSPS) is 11.3. The van der Waals surface area contributed by atoms with Gasteiger partial charge in [0.2, 0.25) is 0 Å². The fourth-order valence-electron chi connectivity index (χ4n) is 2.08. The lowest BCUT2D eigenvalue weighted by molar-refractivity contribution is -0.141. The third-order valence-corrected chi connectivity index (χ3v) is 4.44. The summed E-state index contributed by atoms with van der Waals surface area (Å²) >= 11 is 0.865. The highest BCUT2D eigenvalue weighted by atomic mass is 32.1. The Morgan fingerprint density at radius 3 is 2.38 bits per heavy atom. The third kappa shape index (κ3) is 3.91. The Labute approximate surface area is 139 Å². The van der Waals surface area contributed by atoms with Gasteiger partial charge in [0.25, 0.3) is 5.92 Å². The van der Waals surface area contributed by atoms with E-state index in [1.54, 1.807) is 12.1 Å². The number of benzene rings is 1. The van der Waals surface area contributed by atoms with E-state index >= 15 is 0 Å². The van der Waals surface area contributed by atoms with E-state index in [2.05, 4.69) is 4.74 Å². The molecule has 9 heteroatoms. The average molecular weight is 360 g/mol. The van der Waals surface area contributed by atoms with Gasteiger partial charge in [-0.05, 0) is 17.5 Å². The first kappa shape index (κ1) is 17.9. The van der Waals surface area contributed by atoms with Crippen molar-refractivity contribution in [3.8, 4) is 11.5 Å². The van der Waals surface area contributed by atoms with Crippen molar-refractivity contribution in [1.29, 1.82) is 0 Å². The highest BCUT2D eigenvalue weighted by Crippen LogP contribution is 2.43. The molecule has 0 aliphatic carbocycles. The summed E-state index contributed by atoms with van der Waals surface area (Å²) in [6.07, 6.45) is -3.37. The van der Waals surface area contributed by atoms with Crippen LogP contribution in [0.1, 0.15) is 17.7 Å². The lowest BCUT2D eigenvalue weighted by Crippen LogP contribution is -2.16. The first-order valence-corrected chi connectivity index (χ1v) is 7.56. The van der Waals surface area contributed by atoms with Crippen molar-refractivity contribution in [2.45, 2.75) is 18.8 Å². The molecule has 0 amide bonds. The lowest BCUT2D eigenvalue weighted by Gasteiger charge is -2.13. The van der Waals surface area contributed by atoms with Crippen molar-refractivity contribution in [3.63, 3.8) is 0 Å². The van der Waals surface area contributed by atoms with Crippen molar-refractivity contribution in [1.82, 2.24) is 0 Å². The molecule has 1 heterocycles. The summed E-state index contributed by atoms with van der Waals surface area (Å²) in [6.45, 7) is 0. The van der Waals surface area contributed by atoms with Crippen LogP contribution >= 0.6 is 11.3 Å². The summed E-state index contributed by atoms with van der Waals surface area (Å²) in [5, 5.41) is 8.83.